The SMILES string of the molecule is CN(C)c1cccc(NC(=NC2CCCCN(CC(=O)N3CCCC3)C2=O)NC#N)c1. The summed E-state index contributed by atoms with van der Waals surface area (Å²) in [6, 6.07) is 7.06. The third-order valence-electron chi connectivity index (χ3n) is 5.62. The molecule has 2 aliphatic heterocycles. The lowest BCUT2D eigenvalue weighted by Gasteiger charge is -2.25. The summed E-state index contributed by atoms with van der Waals surface area (Å²) in [6.07, 6.45) is 6.20. The summed E-state index contributed by atoms with van der Waals surface area (Å²) in [5, 5.41) is 14.8. The Balaban J connectivity index is 1.73. The van der Waals surface area contributed by atoms with Crippen LogP contribution in [0.2, 0.25) is 0 Å². The molecule has 0 saturated carbocycles. The van der Waals surface area contributed by atoms with E-state index in [-0.39, 0.29) is 24.3 Å². The van der Waals surface area contributed by atoms with Crippen molar-refractivity contribution in [2.45, 2.75) is 38.1 Å². The average Bonchev–Trinajstić information content (AvgIpc) is 3.24. The van der Waals surface area contributed by atoms with Crippen LogP contribution in [0.15, 0.2) is 29.3 Å². The Morgan fingerprint density at radius 3 is 2.68 bits per heavy atom. The molecule has 2 fully saturated rings. The molecule has 2 heterocycles. The maximum atomic E-state index is 13.1. The van der Waals surface area contributed by atoms with E-state index < -0.39 is 6.04 Å². The first kappa shape index (κ1) is 22.4. The van der Waals surface area contributed by atoms with Crippen LogP contribution in [-0.4, -0.2) is 73.9 Å². The van der Waals surface area contributed by atoms with Crippen molar-refractivity contribution in [2.24, 2.45) is 4.99 Å². The summed E-state index contributed by atoms with van der Waals surface area (Å²) in [7, 11) is 3.90. The molecule has 2 N–H and O–H groups in total. The van der Waals surface area contributed by atoms with Crippen molar-refractivity contribution in [1.29, 1.82) is 5.26 Å². The lowest BCUT2D eigenvalue weighted by molar-refractivity contribution is -0.140. The number of nitriles is 1. The molecule has 9 heteroatoms. The molecule has 0 spiro atoms. The highest BCUT2D eigenvalue weighted by molar-refractivity contribution is 5.97. The number of benzene rings is 1. The smallest absolute Gasteiger partial charge is 0.247 e. The molecule has 0 radical (unpaired) electrons. The number of guanidine groups is 1. The van der Waals surface area contributed by atoms with E-state index in [0.29, 0.717) is 13.0 Å². The van der Waals surface area contributed by atoms with Gasteiger partial charge in [-0.2, -0.15) is 5.26 Å². The first-order valence-corrected chi connectivity index (χ1v) is 10.8. The zero-order valence-corrected chi connectivity index (χ0v) is 18.3. The first-order valence-electron chi connectivity index (χ1n) is 10.8. The molecule has 1 atom stereocenters. The van der Waals surface area contributed by atoms with Gasteiger partial charge in [-0.15, -0.1) is 0 Å². The van der Waals surface area contributed by atoms with Crippen LogP contribution in [0.3, 0.4) is 0 Å². The van der Waals surface area contributed by atoms with Crippen molar-refractivity contribution in [3.05, 3.63) is 24.3 Å². The molecule has 1 aromatic carbocycles. The Morgan fingerprint density at radius 2 is 1.97 bits per heavy atom. The number of aliphatic imine (C=N–C) groups is 1. The number of carbonyl (C=O) groups excluding carboxylic acids is 2. The van der Waals surface area contributed by atoms with Gasteiger partial charge in [0.15, 0.2) is 6.19 Å². The molecule has 1 unspecified atom stereocenters. The molecule has 0 aromatic heterocycles. The van der Waals surface area contributed by atoms with E-state index in [1.54, 1.807) is 4.90 Å². The van der Waals surface area contributed by atoms with E-state index in [1.807, 2.05) is 54.4 Å². The van der Waals surface area contributed by atoms with E-state index in [9.17, 15) is 9.59 Å². The third-order valence-corrected chi connectivity index (χ3v) is 5.62. The molecule has 166 valence electrons. The summed E-state index contributed by atoms with van der Waals surface area (Å²) < 4.78 is 0. The number of likely N-dealkylation sites (tertiary alicyclic amines) is 2. The Morgan fingerprint density at radius 1 is 1.23 bits per heavy atom. The second kappa shape index (κ2) is 10.7. The number of anilines is 2. The highest BCUT2D eigenvalue weighted by Gasteiger charge is 2.30. The maximum absolute atomic E-state index is 13.1. The van der Waals surface area contributed by atoms with E-state index in [2.05, 4.69) is 15.6 Å². The number of hydrogen-bond donors (Lipinski definition) is 2. The van der Waals surface area contributed by atoms with Gasteiger partial charge in [0.2, 0.25) is 17.8 Å². The van der Waals surface area contributed by atoms with Gasteiger partial charge in [-0.3, -0.25) is 14.9 Å². The predicted molar refractivity (Wildman–Crippen MR) is 121 cm³/mol. The molecule has 2 amide bonds. The van der Waals surface area contributed by atoms with Crippen LogP contribution in [0, 0.1) is 11.5 Å². The molecule has 31 heavy (non-hydrogen) atoms. The highest BCUT2D eigenvalue weighted by atomic mass is 16.2. The van der Waals surface area contributed by atoms with Crippen molar-refractivity contribution >= 4 is 29.1 Å². The lowest BCUT2D eigenvalue weighted by Crippen LogP contribution is -2.45. The fourth-order valence-corrected chi connectivity index (χ4v) is 3.89. The Kier molecular flexibility index (Phi) is 7.70. The second-order valence-corrected chi connectivity index (χ2v) is 8.14. The minimum Gasteiger partial charge on any atom is -0.378 e. The number of nitrogens with zero attached hydrogens (tertiary/aromatic N) is 5. The van der Waals surface area contributed by atoms with Gasteiger partial charge in [0.25, 0.3) is 0 Å². The van der Waals surface area contributed by atoms with Gasteiger partial charge in [0.1, 0.15) is 6.04 Å². The molecule has 2 saturated heterocycles. The predicted octanol–water partition coefficient (Wildman–Crippen LogP) is 1.59. The van der Waals surface area contributed by atoms with Crippen molar-refractivity contribution in [1.82, 2.24) is 15.1 Å². The van der Waals surface area contributed by atoms with Crippen molar-refractivity contribution in [3.63, 3.8) is 0 Å². The van der Waals surface area contributed by atoms with Gasteiger partial charge in [-0.25, -0.2) is 4.99 Å². The van der Waals surface area contributed by atoms with Crippen LogP contribution < -0.4 is 15.5 Å². The summed E-state index contributed by atoms with van der Waals surface area (Å²) in [5.74, 6) is 0.0695. The average molecular weight is 426 g/mol. The van der Waals surface area contributed by atoms with Gasteiger partial charge in [0.05, 0.1) is 6.54 Å². The van der Waals surface area contributed by atoms with E-state index in [4.69, 9.17) is 5.26 Å². The van der Waals surface area contributed by atoms with Gasteiger partial charge in [0, 0.05) is 45.1 Å². The minimum absolute atomic E-state index is 0.00415. The highest BCUT2D eigenvalue weighted by Crippen LogP contribution is 2.19. The molecule has 3 rings (SSSR count). The Bertz CT molecular complexity index is 856. The summed E-state index contributed by atoms with van der Waals surface area (Å²) in [6.45, 7) is 2.21. The van der Waals surface area contributed by atoms with Crippen LogP contribution in [0.1, 0.15) is 32.1 Å². The quantitative estimate of drug-likeness (QED) is 0.321. The van der Waals surface area contributed by atoms with Crippen LogP contribution in [0.4, 0.5) is 11.4 Å². The van der Waals surface area contributed by atoms with Crippen LogP contribution in [-0.2, 0) is 9.59 Å². The van der Waals surface area contributed by atoms with E-state index in [1.165, 1.54) is 0 Å². The number of nitrogens with one attached hydrogen (secondary N) is 2. The van der Waals surface area contributed by atoms with Crippen molar-refractivity contribution < 1.29 is 9.59 Å². The molecular formula is C22H31N7O2. The van der Waals surface area contributed by atoms with Gasteiger partial charge in [-0.05, 0) is 50.3 Å². The molecule has 0 bridgehead atoms. The minimum atomic E-state index is -0.630. The Labute approximate surface area is 183 Å². The number of amides is 2. The van der Waals surface area contributed by atoms with Gasteiger partial charge < -0.3 is 20.0 Å². The normalized spacial score (nSPS) is 19.6. The number of rotatable bonds is 5. The van der Waals surface area contributed by atoms with Crippen LogP contribution in [0.5, 0.6) is 0 Å². The fourth-order valence-electron chi connectivity index (χ4n) is 3.89. The molecular weight excluding hydrogens is 394 g/mol. The third kappa shape index (κ3) is 6.10. The zero-order chi connectivity index (χ0) is 22.2. The number of carbonyl (C=O) groups is 2. The van der Waals surface area contributed by atoms with Crippen LogP contribution in [0.25, 0.3) is 0 Å². The largest absolute Gasteiger partial charge is 0.378 e. The zero-order valence-electron chi connectivity index (χ0n) is 18.3. The van der Waals surface area contributed by atoms with E-state index >= 15 is 0 Å². The van der Waals surface area contributed by atoms with Gasteiger partial charge in [-0.1, -0.05) is 6.07 Å². The molecule has 2 aliphatic rings. The summed E-state index contributed by atoms with van der Waals surface area (Å²) in [5.41, 5.74) is 1.76. The summed E-state index contributed by atoms with van der Waals surface area (Å²) >= 11 is 0. The molecule has 1 aromatic rings. The maximum Gasteiger partial charge on any atom is 0.247 e. The Hall–Kier alpha value is -3.28. The lowest BCUT2D eigenvalue weighted by atomic mass is 10.1. The second-order valence-electron chi connectivity index (χ2n) is 8.14. The topological polar surface area (TPSA) is 104 Å². The first-order chi connectivity index (χ1) is 15.0. The fraction of sp³-hybridized carbons (Fsp3) is 0.545. The van der Waals surface area contributed by atoms with Crippen molar-refractivity contribution in [2.75, 3.05) is 50.5 Å². The van der Waals surface area contributed by atoms with E-state index in [0.717, 1.165) is 50.1 Å². The summed E-state index contributed by atoms with van der Waals surface area (Å²) in [4.78, 5) is 35.7. The number of hydrogen-bond acceptors (Lipinski definition) is 5. The standard InChI is InChI=1S/C22H31N7O2/c1-27(2)18-9-7-8-17(14-18)25-22(24-16-23)26-19-10-3-4-13-29(21(19)31)15-20(30)28-11-5-6-12-28/h7-9,14,19H,3-6,10-13,15H2,1-2H3,(H2,24,25,26). The van der Waals surface area contributed by atoms with Crippen LogP contribution >= 0.6 is 0 Å². The molecule has 0 aliphatic carbocycles. The molecule has 9 nitrogen and oxygen atoms in total. The monoisotopic (exact) mass is 425 g/mol. The van der Waals surface area contributed by atoms with Gasteiger partial charge >= 0.3 is 0 Å². The van der Waals surface area contributed by atoms with Crippen molar-refractivity contribution in [3.8, 4) is 6.19 Å².